The molecule has 6 nitrogen and oxygen atoms in total. The summed E-state index contributed by atoms with van der Waals surface area (Å²) in [7, 11) is -3.22. The summed E-state index contributed by atoms with van der Waals surface area (Å²) in [5.41, 5.74) is 0.399. The van der Waals surface area contributed by atoms with Crippen LogP contribution in [0, 0.1) is 5.41 Å². The molecule has 0 saturated carbocycles. The summed E-state index contributed by atoms with van der Waals surface area (Å²) in [6, 6.07) is 6.26. The van der Waals surface area contributed by atoms with E-state index in [0.29, 0.717) is 19.4 Å². The van der Waals surface area contributed by atoms with Gasteiger partial charge in [-0.15, -0.1) is 0 Å². The summed E-state index contributed by atoms with van der Waals surface area (Å²) in [4.78, 5) is 23.9. The van der Waals surface area contributed by atoms with Crippen LogP contribution in [0.5, 0.6) is 0 Å². The molecule has 0 fully saturated rings. The largest absolute Gasteiger partial charge is 0.356 e. The highest BCUT2D eigenvalue weighted by molar-refractivity contribution is 7.90. The molecule has 0 aliphatic carbocycles. The molecule has 0 heterocycles. The number of nitrogens with one attached hydrogen (secondary N) is 2. The van der Waals surface area contributed by atoms with Gasteiger partial charge < -0.3 is 10.6 Å². The van der Waals surface area contributed by atoms with E-state index in [9.17, 15) is 18.0 Å². The second kappa shape index (κ2) is 8.47. The molecule has 140 valence electrons. The SMILES string of the molecule is CC(NC(=O)CCCNC(=O)C(C)(C)C)c1ccc(S(C)(=O)=O)cc1. The van der Waals surface area contributed by atoms with Gasteiger partial charge in [-0.2, -0.15) is 0 Å². The standard InChI is InChI=1S/C18H28N2O4S/c1-13(14-8-10-15(11-9-14)25(5,23)24)20-16(21)7-6-12-19-17(22)18(2,3)4/h8-11,13H,6-7,12H2,1-5H3,(H,19,22)(H,20,21). The van der Waals surface area contributed by atoms with Crippen molar-refractivity contribution in [1.82, 2.24) is 10.6 Å². The molecule has 0 aliphatic heterocycles. The van der Waals surface area contributed by atoms with Gasteiger partial charge in [0.2, 0.25) is 11.8 Å². The minimum atomic E-state index is -3.22. The van der Waals surface area contributed by atoms with Crippen LogP contribution in [-0.2, 0) is 19.4 Å². The summed E-state index contributed by atoms with van der Waals surface area (Å²) >= 11 is 0. The van der Waals surface area contributed by atoms with Crippen molar-refractivity contribution in [2.24, 2.45) is 5.41 Å². The van der Waals surface area contributed by atoms with Crippen LogP contribution in [0.2, 0.25) is 0 Å². The average molecular weight is 368 g/mol. The monoisotopic (exact) mass is 368 g/mol. The van der Waals surface area contributed by atoms with Gasteiger partial charge in [0.1, 0.15) is 0 Å². The average Bonchev–Trinajstić information content (AvgIpc) is 2.49. The van der Waals surface area contributed by atoms with E-state index in [2.05, 4.69) is 10.6 Å². The maximum Gasteiger partial charge on any atom is 0.225 e. The number of carbonyl (C=O) groups is 2. The molecule has 1 aromatic rings. The predicted octanol–water partition coefficient (Wildman–Crippen LogP) is 2.21. The van der Waals surface area contributed by atoms with E-state index in [1.165, 1.54) is 12.1 Å². The molecule has 0 radical (unpaired) electrons. The first kappa shape index (κ1) is 21.2. The van der Waals surface area contributed by atoms with E-state index in [-0.39, 0.29) is 22.8 Å². The lowest BCUT2D eigenvalue weighted by atomic mass is 9.96. The van der Waals surface area contributed by atoms with Crippen LogP contribution in [0.3, 0.4) is 0 Å². The van der Waals surface area contributed by atoms with Crippen molar-refractivity contribution in [2.45, 2.75) is 51.5 Å². The summed E-state index contributed by atoms with van der Waals surface area (Å²) < 4.78 is 22.9. The molecule has 1 aromatic carbocycles. The van der Waals surface area contributed by atoms with Gasteiger partial charge >= 0.3 is 0 Å². The first-order chi connectivity index (χ1) is 11.4. The molecule has 2 amide bonds. The molecule has 1 atom stereocenters. The molecule has 0 aromatic heterocycles. The molecule has 0 saturated heterocycles. The third kappa shape index (κ3) is 7.25. The lowest BCUT2D eigenvalue weighted by Gasteiger charge is -2.18. The quantitative estimate of drug-likeness (QED) is 0.722. The zero-order valence-electron chi connectivity index (χ0n) is 15.5. The Morgan fingerprint density at radius 2 is 1.68 bits per heavy atom. The number of benzene rings is 1. The predicted molar refractivity (Wildman–Crippen MR) is 97.8 cm³/mol. The minimum absolute atomic E-state index is 0.0350. The summed E-state index contributed by atoms with van der Waals surface area (Å²) in [5.74, 6) is -0.142. The van der Waals surface area contributed by atoms with Crippen LogP contribution in [0.15, 0.2) is 29.2 Å². The Hall–Kier alpha value is -1.89. The molecule has 1 rings (SSSR count). The van der Waals surface area contributed by atoms with Crippen LogP contribution in [0.25, 0.3) is 0 Å². The number of rotatable bonds is 7. The van der Waals surface area contributed by atoms with E-state index in [1.54, 1.807) is 12.1 Å². The first-order valence-electron chi connectivity index (χ1n) is 8.29. The maximum atomic E-state index is 12.0. The van der Waals surface area contributed by atoms with Gasteiger partial charge in [0.25, 0.3) is 0 Å². The molecule has 0 aliphatic rings. The Kier molecular flexibility index (Phi) is 7.17. The molecule has 0 spiro atoms. The van der Waals surface area contributed by atoms with E-state index < -0.39 is 15.3 Å². The molecule has 25 heavy (non-hydrogen) atoms. The van der Waals surface area contributed by atoms with Crippen LogP contribution < -0.4 is 10.6 Å². The molecule has 2 N–H and O–H groups in total. The van der Waals surface area contributed by atoms with Crippen molar-refractivity contribution in [3.8, 4) is 0 Å². The number of carbonyl (C=O) groups excluding carboxylic acids is 2. The number of amides is 2. The van der Waals surface area contributed by atoms with E-state index in [0.717, 1.165) is 11.8 Å². The Balaban J connectivity index is 2.43. The summed E-state index contributed by atoms with van der Waals surface area (Å²) in [5, 5.41) is 5.68. The van der Waals surface area contributed by atoms with Gasteiger partial charge in [-0.1, -0.05) is 32.9 Å². The topological polar surface area (TPSA) is 92.3 Å². The van der Waals surface area contributed by atoms with Crippen LogP contribution in [-0.4, -0.2) is 33.0 Å². The van der Waals surface area contributed by atoms with Crippen molar-refractivity contribution in [1.29, 1.82) is 0 Å². The number of hydrogen-bond acceptors (Lipinski definition) is 4. The van der Waals surface area contributed by atoms with Crippen LogP contribution in [0.1, 0.15) is 52.1 Å². The molecule has 1 unspecified atom stereocenters. The Labute approximate surface area is 150 Å². The van der Waals surface area contributed by atoms with E-state index >= 15 is 0 Å². The Morgan fingerprint density at radius 1 is 1.12 bits per heavy atom. The third-order valence-corrected chi connectivity index (χ3v) is 4.86. The van der Waals surface area contributed by atoms with Crippen LogP contribution >= 0.6 is 0 Å². The lowest BCUT2D eigenvalue weighted by Crippen LogP contribution is -2.36. The van der Waals surface area contributed by atoms with Crippen molar-refractivity contribution in [3.05, 3.63) is 29.8 Å². The van der Waals surface area contributed by atoms with Gasteiger partial charge in [-0.25, -0.2) is 8.42 Å². The van der Waals surface area contributed by atoms with E-state index in [4.69, 9.17) is 0 Å². The molecular weight excluding hydrogens is 340 g/mol. The van der Waals surface area contributed by atoms with Gasteiger partial charge in [0, 0.05) is 24.6 Å². The fraction of sp³-hybridized carbons (Fsp3) is 0.556. The lowest BCUT2D eigenvalue weighted by molar-refractivity contribution is -0.128. The number of hydrogen-bond donors (Lipinski definition) is 2. The Morgan fingerprint density at radius 3 is 2.16 bits per heavy atom. The summed E-state index contributed by atoms with van der Waals surface area (Å²) in [6.07, 6.45) is 2.04. The normalized spacial score (nSPS) is 13.2. The smallest absolute Gasteiger partial charge is 0.225 e. The van der Waals surface area contributed by atoms with Crippen molar-refractivity contribution < 1.29 is 18.0 Å². The van der Waals surface area contributed by atoms with Crippen LogP contribution in [0.4, 0.5) is 0 Å². The van der Waals surface area contributed by atoms with Crippen molar-refractivity contribution >= 4 is 21.7 Å². The minimum Gasteiger partial charge on any atom is -0.356 e. The zero-order valence-corrected chi connectivity index (χ0v) is 16.4. The van der Waals surface area contributed by atoms with Gasteiger partial charge in [0.05, 0.1) is 10.9 Å². The Bertz CT molecular complexity index is 704. The van der Waals surface area contributed by atoms with E-state index in [1.807, 2.05) is 27.7 Å². The van der Waals surface area contributed by atoms with Crippen molar-refractivity contribution in [3.63, 3.8) is 0 Å². The molecule has 0 bridgehead atoms. The highest BCUT2D eigenvalue weighted by atomic mass is 32.2. The van der Waals surface area contributed by atoms with Gasteiger partial charge in [0.15, 0.2) is 9.84 Å². The highest BCUT2D eigenvalue weighted by Crippen LogP contribution is 2.16. The maximum absolute atomic E-state index is 12.0. The molecular formula is C18H28N2O4S. The second-order valence-corrected chi connectivity index (χ2v) is 9.26. The van der Waals surface area contributed by atoms with Gasteiger partial charge in [-0.05, 0) is 31.0 Å². The summed E-state index contributed by atoms with van der Waals surface area (Å²) in [6.45, 7) is 7.82. The first-order valence-corrected chi connectivity index (χ1v) is 10.2. The fourth-order valence-electron chi connectivity index (χ4n) is 2.12. The third-order valence-electron chi connectivity index (χ3n) is 3.73. The zero-order chi connectivity index (χ0) is 19.3. The highest BCUT2D eigenvalue weighted by Gasteiger charge is 2.20. The second-order valence-electron chi connectivity index (χ2n) is 7.24. The fourth-order valence-corrected chi connectivity index (χ4v) is 2.75. The number of sulfone groups is 1. The van der Waals surface area contributed by atoms with Crippen molar-refractivity contribution in [2.75, 3.05) is 12.8 Å². The molecule has 7 heteroatoms. The van der Waals surface area contributed by atoms with Gasteiger partial charge in [-0.3, -0.25) is 9.59 Å².